The van der Waals surface area contributed by atoms with Crippen molar-refractivity contribution >= 4 is 80.4 Å². The van der Waals surface area contributed by atoms with Gasteiger partial charge in [0.1, 0.15) is 59.3 Å². The zero-order valence-electron chi connectivity index (χ0n) is 29.1. The van der Waals surface area contributed by atoms with E-state index in [0.29, 0.717) is 22.3 Å². The number of anilines is 2. The SMILES string of the molecule is CC(C)(C)[Si](C)(C)OC1[C@H]2O[P@](=O)(S)OCC3[C@@]45CO[C@@H]([C@H](n6cnc7c(N)ncnc76)O4)[C@@]35O[P@@](=O)(S)OC[C@H]1O[C@H]2n1cnc2c(N)ncnc21. The van der Waals surface area contributed by atoms with E-state index in [2.05, 4.69) is 88.3 Å². The molecule has 1 aliphatic carbocycles. The van der Waals surface area contributed by atoms with Crippen LogP contribution in [0.3, 0.4) is 0 Å². The molecular formula is C28H38N10O10P2S2Si. The van der Waals surface area contributed by atoms with Gasteiger partial charge < -0.3 is 34.6 Å². The molecule has 4 aromatic rings. The Morgan fingerprint density at radius 3 is 2.13 bits per heavy atom. The lowest BCUT2D eigenvalue weighted by molar-refractivity contribution is -0.184. The molecule has 11 atom stereocenters. The molecule has 20 nitrogen and oxygen atoms in total. The molecular weight excluding hydrogens is 791 g/mol. The van der Waals surface area contributed by atoms with Gasteiger partial charge in [0.2, 0.25) is 0 Å². The van der Waals surface area contributed by atoms with Gasteiger partial charge in [0.05, 0.1) is 38.4 Å². The molecule has 5 aliphatic rings. The van der Waals surface area contributed by atoms with E-state index in [1.54, 1.807) is 9.13 Å². The van der Waals surface area contributed by atoms with E-state index in [9.17, 15) is 9.13 Å². The van der Waals surface area contributed by atoms with Gasteiger partial charge in [0, 0.05) is 0 Å². The average molecular weight is 829 g/mol. The molecule has 2 unspecified atom stereocenters. The van der Waals surface area contributed by atoms with Gasteiger partial charge in [-0.25, -0.2) is 39.0 Å². The molecule has 0 aromatic carbocycles. The fourth-order valence-corrected chi connectivity index (χ4v) is 12.2. The summed E-state index contributed by atoms with van der Waals surface area (Å²) in [5, 5.41) is -0.262. The first-order valence-corrected chi connectivity index (χ1v) is 25.0. The van der Waals surface area contributed by atoms with Crippen LogP contribution >= 0.6 is 38.1 Å². The summed E-state index contributed by atoms with van der Waals surface area (Å²) in [6.07, 6.45) is -0.177. The molecule has 0 amide bonds. The summed E-state index contributed by atoms with van der Waals surface area (Å²) in [5.41, 5.74) is 11.0. The maximum Gasteiger partial charge on any atom is 0.386 e. The molecule has 1 spiro atoms. The van der Waals surface area contributed by atoms with E-state index < -0.39 is 75.9 Å². The summed E-state index contributed by atoms with van der Waals surface area (Å²) in [6.45, 7) is 1.33. The minimum Gasteiger partial charge on any atom is -0.408 e. The molecule has 4 aromatic heterocycles. The van der Waals surface area contributed by atoms with Crippen molar-refractivity contribution in [3.05, 3.63) is 25.3 Å². The number of nitrogens with two attached hydrogens (primary N) is 2. The highest BCUT2D eigenvalue weighted by atomic mass is 32.7. The minimum absolute atomic E-state index is 0.0506. The zero-order chi connectivity index (χ0) is 37.5. The van der Waals surface area contributed by atoms with E-state index in [4.69, 9.17) is 48.2 Å². The maximum atomic E-state index is 14.3. The number of aromatic nitrogens is 8. The molecule has 8 heterocycles. The quantitative estimate of drug-likeness (QED) is 0.130. The fourth-order valence-electron chi connectivity index (χ4n) is 7.70. The van der Waals surface area contributed by atoms with Crippen LogP contribution in [0.1, 0.15) is 33.2 Å². The van der Waals surface area contributed by atoms with Gasteiger partial charge in [-0.3, -0.25) is 22.7 Å². The molecule has 0 radical (unpaired) electrons. The van der Waals surface area contributed by atoms with Gasteiger partial charge in [-0.1, -0.05) is 45.3 Å². The third kappa shape index (κ3) is 5.42. The van der Waals surface area contributed by atoms with E-state index in [1.165, 1.54) is 25.3 Å². The first-order valence-electron chi connectivity index (χ1n) is 16.7. The molecule has 9 rings (SSSR count). The molecule has 53 heavy (non-hydrogen) atoms. The third-order valence-corrected chi connectivity index (χ3v) is 19.0. The van der Waals surface area contributed by atoms with Crippen molar-refractivity contribution in [2.24, 2.45) is 5.92 Å². The van der Waals surface area contributed by atoms with Crippen molar-refractivity contribution in [3.63, 3.8) is 0 Å². The summed E-state index contributed by atoms with van der Waals surface area (Å²) in [4.78, 5) is 25.5. The maximum absolute atomic E-state index is 14.3. The molecule has 286 valence electrons. The molecule has 1 saturated carbocycles. The molecule has 4 bridgehead atoms. The highest BCUT2D eigenvalue weighted by molar-refractivity contribution is 8.44. The topological polar surface area (TPSA) is 247 Å². The van der Waals surface area contributed by atoms with Crippen LogP contribution in [0.4, 0.5) is 11.6 Å². The van der Waals surface area contributed by atoms with Gasteiger partial charge in [0.25, 0.3) is 0 Å². The van der Waals surface area contributed by atoms with Crippen LogP contribution in [-0.4, -0.2) is 103 Å². The number of hydrogen-bond acceptors (Lipinski definition) is 18. The lowest BCUT2D eigenvalue weighted by Crippen LogP contribution is -2.50. The number of thiol groups is 2. The van der Waals surface area contributed by atoms with Crippen molar-refractivity contribution < 1.29 is 45.9 Å². The first-order chi connectivity index (χ1) is 24.9. The van der Waals surface area contributed by atoms with Crippen LogP contribution in [0.2, 0.25) is 18.1 Å². The highest BCUT2D eigenvalue weighted by Crippen LogP contribution is 2.79. The van der Waals surface area contributed by atoms with E-state index in [-0.39, 0.29) is 36.5 Å². The molecule has 4 saturated heterocycles. The molecule has 25 heteroatoms. The number of nitrogens with zero attached hydrogens (tertiary/aromatic N) is 8. The van der Waals surface area contributed by atoms with E-state index >= 15 is 0 Å². The first kappa shape index (κ1) is 36.4. The predicted molar refractivity (Wildman–Crippen MR) is 195 cm³/mol. The lowest BCUT2D eigenvalue weighted by atomic mass is 10.1. The van der Waals surface area contributed by atoms with Crippen molar-refractivity contribution in [1.29, 1.82) is 0 Å². The van der Waals surface area contributed by atoms with Gasteiger partial charge in [0.15, 0.2) is 43.7 Å². The Hall–Kier alpha value is -2.24. The fraction of sp³-hybridized carbons (Fsp3) is 0.643. The normalized spacial score (nSPS) is 40.1. The van der Waals surface area contributed by atoms with Gasteiger partial charge in [-0.05, 0) is 18.1 Å². The lowest BCUT2D eigenvalue weighted by Gasteiger charge is -2.40. The van der Waals surface area contributed by atoms with Crippen molar-refractivity contribution in [2.75, 3.05) is 31.3 Å². The van der Waals surface area contributed by atoms with Gasteiger partial charge in [-0.2, -0.15) is 0 Å². The Bertz CT molecular complexity index is 2250. The summed E-state index contributed by atoms with van der Waals surface area (Å²) in [5.74, 6) is -0.301. The second-order valence-electron chi connectivity index (χ2n) is 15.2. The van der Waals surface area contributed by atoms with Crippen molar-refractivity contribution in [1.82, 2.24) is 39.0 Å². The second kappa shape index (κ2) is 11.9. The summed E-state index contributed by atoms with van der Waals surface area (Å²) >= 11 is 8.90. The van der Waals surface area contributed by atoms with Crippen molar-refractivity contribution in [2.45, 2.75) is 87.0 Å². The average Bonchev–Trinajstić information content (AvgIpc) is 3.73. The predicted octanol–water partition coefficient (Wildman–Crippen LogP) is 3.68. The van der Waals surface area contributed by atoms with Gasteiger partial charge >= 0.3 is 13.6 Å². The molecule has 5 fully saturated rings. The number of nitrogen functional groups attached to an aromatic ring is 2. The molecule has 4 N–H and O–H groups in total. The van der Waals surface area contributed by atoms with Crippen LogP contribution in [0.5, 0.6) is 0 Å². The Labute approximate surface area is 313 Å². The van der Waals surface area contributed by atoms with E-state index in [1.807, 2.05) is 0 Å². The number of ether oxygens (including phenoxy) is 3. The zero-order valence-corrected chi connectivity index (χ0v) is 33.7. The van der Waals surface area contributed by atoms with Crippen LogP contribution in [-0.2, 0) is 45.9 Å². The minimum atomic E-state index is -4.25. The summed E-state index contributed by atoms with van der Waals surface area (Å²) in [6, 6.07) is 0. The number of imidazole rings is 2. The largest absolute Gasteiger partial charge is 0.408 e. The van der Waals surface area contributed by atoms with Crippen LogP contribution < -0.4 is 11.5 Å². The molecule has 4 aliphatic heterocycles. The second-order valence-corrected chi connectivity index (χ2v) is 25.7. The Kier molecular flexibility index (Phi) is 8.16. The van der Waals surface area contributed by atoms with Crippen LogP contribution in [0, 0.1) is 5.92 Å². The standard InChI is InChI=1S/C28H38N10O10P2S2Si/c1-26(2,3)53(4,5)47-17-13-6-42-50(40,52)48-28-14(27(28)8-41-19(28)25(45-27)38-12-36-16-21(30)32-10-34-23(16)38)7-43-49(39,51)46-18(17)24(44-13)37-11-35-15-20(29)31-9-33-22(15)37/h9-14,17-19,24-25H,6-8H2,1-5H3,(H,39,51)(H,40,52)(H2,29,31,33)(H2,30,32,34)/t13-,14?,17?,18-,19+,24-,25-,27-,28+,49-,50+/m1/s1. The number of hydrogen-bond donors (Lipinski definition) is 4. The Morgan fingerprint density at radius 1 is 0.906 bits per heavy atom. The number of rotatable bonds is 4. The highest BCUT2D eigenvalue weighted by Gasteiger charge is 2.93. The smallest absolute Gasteiger partial charge is 0.386 e. The Balaban J connectivity index is 1.08. The van der Waals surface area contributed by atoms with Crippen LogP contribution in [0.15, 0.2) is 25.3 Å². The number of fused-ring (bicyclic) bond motifs is 4. The monoisotopic (exact) mass is 828 g/mol. The third-order valence-electron chi connectivity index (χ3n) is 11.3. The summed E-state index contributed by atoms with van der Waals surface area (Å²) in [7, 11) is -2.60. The van der Waals surface area contributed by atoms with Crippen LogP contribution in [0.25, 0.3) is 22.3 Å². The van der Waals surface area contributed by atoms with Crippen molar-refractivity contribution in [3.8, 4) is 0 Å². The van der Waals surface area contributed by atoms with Gasteiger partial charge in [-0.15, -0.1) is 0 Å². The Morgan fingerprint density at radius 2 is 1.51 bits per heavy atom. The van der Waals surface area contributed by atoms with E-state index in [0.717, 1.165) is 0 Å². The summed E-state index contributed by atoms with van der Waals surface area (Å²) < 4.78 is 83.0.